The van der Waals surface area contributed by atoms with Crippen LogP contribution in [-0.4, -0.2) is 49.8 Å². The first kappa shape index (κ1) is 15.3. The van der Waals surface area contributed by atoms with E-state index >= 15 is 0 Å². The summed E-state index contributed by atoms with van der Waals surface area (Å²) in [5.74, 6) is 0.734. The van der Waals surface area contributed by atoms with Crippen LogP contribution >= 0.6 is 0 Å². The van der Waals surface area contributed by atoms with Crippen LogP contribution in [0, 0.1) is 11.3 Å². The Labute approximate surface area is 119 Å². The summed E-state index contributed by atoms with van der Waals surface area (Å²) >= 11 is 0. The topological polar surface area (TPSA) is 24.5 Å². The van der Waals surface area contributed by atoms with E-state index in [1.165, 1.54) is 32.4 Å². The Morgan fingerprint density at radius 1 is 1.26 bits per heavy atom. The normalized spacial score (nSPS) is 27.9. The largest absolute Gasteiger partial charge is 0.381 e. The lowest BCUT2D eigenvalue weighted by Crippen LogP contribution is -2.48. The molecule has 112 valence electrons. The van der Waals surface area contributed by atoms with E-state index in [1.807, 2.05) is 0 Å². The van der Waals surface area contributed by atoms with Crippen LogP contribution in [0.4, 0.5) is 0 Å². The summed E-state index contributed by atoms with van der Waals surface area (Å²) < 4.78 is 5.73. The van der Waals surface area contributed by atoms with Crippen molar-refractivity contribution in [2.45, 2.75) is 59.0 Å². The Balaban J connectivity index is 1.92. The van der Waals surface area contributed by atoms with Gasteiger partial charge in [-0.2, -0.15) is 0 Å². The van der Waals surface area contributed by atoms with E-state index in [2.05, 4.69) is 37.9 Å². The summed E-state index contributed by atoms with van der Waals surface area (Å²) in [5, 5.41) is 3.73. The van der Waals surface area contributed by atoms with Gasteiger partial charge in [0.15, 0.2) is 0 Å². The van der Waals surface area contributed by atoms with Crippen molar-refractivity contribution in [2.24, 2.45) is 11.3 Å². The van der Waals surface area contributed by atoms with Crippen LogP contribution in [0.25, 0.3) is 0 Å². The lowest BCUT2D eigenvalue weighted by molar-refractivity contribution is 0.0853. The molecule has 19 heavy (non-hydrogen) atoms. The summed E-state index contributed by atoms with van der Waals surface area (Å²) in [6.07, 6.45) is 3.96. The minimum absolute atomic E-state index is 0.349. The van der Waals surface area contributed by atoms with Crippen molar-refractivity contribution in [3.8, 4) is 0 Å². The minimum Gasteiger partial charge on any atom is -0.381 e. The number of hydrogen-bond acceptors (Lipinski definition) is 3. The molecule has 0 aromatic heterocycles. The second-order valence-electron chi connectivity index (χ2n) is 7.37. The zero-order valence-corrected chi connectivity index (χ0v) is 13.2. The highest BCUT2D eigenvalue weighted by molar-refractivity contribution is 4.92. The SMILES string of the molecule is CC(C)CN(CC1(CNC2CC2)CCOC1)C(C)C. The van der Waals surface area contributed by atoms with Crippen molar-refractivity contribution in [3.05, 3.63) is 0 Å². The van der Waals surface area contributed by atoms with Crippen LogP contribution in [0.3, 0.4) is 0 Å². The summed E-state index contributed by atoms with van der Waals surface area (Å²) in [6, 6.07) is 1.43. The number of nitrogens with zero attached hydrogens (tertiary/aromatic N) is 1. The first-order valence-electron chi connectivity index (χ1n) is 8.06. The molecule has 2 rings (SSSR count). The Morgan fingerprint density at radius 3 is 2.47 bits per heavy atom. The van der Waals surface area contributed by atoms with Crippen molar-refractivity contribution < 1.29 is 4.74 Å². The molecule has 2 aliphatic rings. The molecule has 1 saturated heterocycles. The number of ether oxygens (including phenoxy) is 1. The summed E-state index contributed by atoms with van der Waals surface area (Å²) in [4.78, 5) is 2.65. The molecule has 3 heteroatoms. The van der Waals surface area contributed by atoms with Gasteiger partial charge >= 0.3 is 0 Å². The van der Waals surface area contributed by atoms with Crippen LogP contribution in [0.15, 0.2) is 0 Å². The van der Waals surface area contributed by atoms with Crippen LogP contribution in [-0.2, 0) is 4.74 Å². The van der Waals surface area contributed by atoms with E-state index < -0.39 is 0 Å². The molecule has 1 atom stereocenters. The van der Waals surface area contributed by atoms with E-state index in [0.717, 1.165) is 31.7 Å². The Bertz CT molecular complexity index is 268. The van der Waals surface area contributed by atoms with Gasteiger partial charge in [-0.05, 0) is 39.0 Å². The van der Waals surface area contributed by atoms with E-state index in [0.29, 0.717) is 11.5 Å². The molecule has 0 aromatic carbocycles. The molecular weight excluding hydrogens is 236 g/mol. The van der Waals surface area contributed by atoms with Gasteiger partial charge in [0.25, 0.3) is 0 Å². The summed E-state index contributed by atoms with van der Waals surface area (Å²) in [5.41, 5.74) is 0.349. The predicted octanol–water partition coefficient (Wildman–Crippen LogP) is 2.51. The van der Waals surface area contributed by atoms with Gasteiger partial charge in [-0.15, -0.1) is 0 Å². The van der Waals surface area contributed by atoms with Gasteiger partial charge in [-0.25, -0.2) is 0 Å². The van der Waals surface area contributed by atoms with Gasteiger partial charge in [0.05, 0.1) is 6.61 Å². The smallest absolute Gasteiger partial charge is 0.0547 e. The zero-order valence-electron chi connectivity index (χ0n) is 13.2. The molecule has 0 spiro atoms. The van der Waals surface area contributed by atoms with Crippen LogP contribution in [0.5, 0.6) is 0 Å². The van der Waals surface area contributed by atoms with Gasteiger partial charge in [0, 0.05) is 43.7 Å². The maximum Gasteiger partial charge on any atom is 0.0547 e. The average Bonchev–Trinajstić information content (AvgIpc) is 3.06. The Kier molecular flexibility index (Phi) is 5.27. The van der Waals surface area contributed by atoms with Crippen molar-refractivity contribution in [1.29, 1.82) is 0 Å². The van der Waals surface area contributed by atoms with E-state index in [4.69, 9.17) is 4.74 Å². The second kappa shape index (κ2) is 6.55. The van der Waals surface area contributed by atoms with E-state index in [9.17, 15) is 0 Å². The molecule has 0 amide bonds. The fourth-order valence-corrected chi connectivity index (χ4v) is 2.98. The quantitative estimate of drug-likeness (QED) is 0.732. The third-order valence-electron chi connectivity index (χ3n) is 4.40. The molecule has 3 nitrogen and oxygen atoms in total. The first-order valence-corrected chi connectivity index (χ1v) is 8.06. The fraction of sp³-hybridized carbons (Fsp3) is 1.00. The van der Waals surface area contributed by atoms with Gasteiger partial charge in [-0.1, -0.05) is 13.8 Å². The molecule has 1 saturated carbocycles. The second-order valence-corrected chi connectivity index (χ2v) is 7.37. The molecule has 1 aliphatic carbocycles. The Hall–Kier alpha value is -0.120. The van der Waals surface area contributed by atoms with E-state index in [-0.39, 0.29) is 0 Å². The third kappa shape index (κ3) is 4.73. The highest BCUT2D eigenvalue weighted by Gasteiger charge is 2.38. The monoisotopic (exact) mass is 268 g/mol. The van der Waals surface area contributed by atoms with Gasteiger partial charge in [0.2, 0.25) is 0 Å². The molecule has 2 fully saturated rings. The number of rotatable bonds is 8. The lowest BCUT2D eigenvalue weighted by atomic mass is 9.85. The van der Waals surface area contributed by atoms with Crippen molar-refractivity contribution in [3.63, 3.8) is 0 Å². The van der Waals surface area contributed by atoms with Crippen LogP contribution in [0.1, 0.15) is 47.0 Å². The predicted molar refractivity (Wildman–Crippen MR) is 80.4 cm³/mol. The number of hydrogen-bond donors (Lipinski definition) is 1. The van der Waals surface area contributed by atoms with Crippen molar-refractivity contribution >= 4 is 0 Å². The highest BCUT2D eigenvalue weighted by atomic mass is 16.5. The molecular formula is C16H32N2O. The molecule has 1 heterocycles. The average molecular weight is 268 g/mol. The fourth-order valence-electron chi connectivity index (χ4n) is 2.98. The van der Waals surface area contributed by atoms with Gasteiger partial charge in [-0.3, -0.25) is 4.90 Å². The molecule has 1 unspecified atom stereocenters. The molecule has 1 aliphatic heterocycles. The molecule has 0 aromatic rings. The van der Waals surface area contributed by atoms with Gasteiger partial charge < -0.3 is 10.1 Å². The van der Waals surface area contributed by atoms with Crippen molar-refractivity contribution in [1.82, 2.24) is 10.2 Å². The highest BCUT2D eigenvalue weighted by Crippen LogP contribution is 2.31. The van der Waals surface area contributed by atoms with Gasteiger partial charge in [0.1, 0.15) is 0 Å². The van der Waals surface area contributed by atoms with Crippen LogP contribution < -0.4 is 5.32 Å². The maximum absolute atomic E-state index is 5.73. The molecule has 1 N–H and O–H groups in total. The van der Waals surface area contributed by atoms with E-state index in [1.54, 1.807) is 0 Å². The first-order chi connectivity index (χ1) is 9.01. The Morgan fingerprint density at radius 2 is 2.00 bits per heavy atom. The minimum atomic E-state index is 0.349. The third-order valence-corrected chi connectivity index (χ3v) is 4.40. The summed E-state index contributed by atoms with van der Waals surface area (Å²) in [6.45, 7) is 14.7. The standard InChI is InChI=1S/C16H32N2O/c1-13(2)9-18(14(3)4)11-16(7-8-19-12-16)10-17-15-5-6-15/h13-15,17H,5-12H2,1-4H3. The number of nitrogens with one attached hydrogen (secondary N) is 1. The van der Waals surface area contributed by atoms with Crippen LogP contribution in [0.2, 0.25) is 0 Å². The molecule has 0 radical (unpaired) electrons. The lowest BCUT2D eigenvalue weighted by Gasteiger charge is -2.37. The zero-order chi connectivity index (χ0) is 13.9. The molecule has 0 bridgehead atoms. The summed E-state index contributed by atoms with van der Waals surface area (Å²) in [7, 11) is 0. The maximum atomic E-state index is 5.73. The van der Waals surface area contributed by atoms with Crippen molar-refractivity contribution in [2.75, 3.05) is 32.8 Å².